The molecule has 56 heavy (non-hydrogen) atoms. The fraction of sp³-hybridized carbons (Fsp3) is 0.143. The first-order valence-corrected chi connectivity index (χ1v) is 20.0. The van der Waals surface area contributed by atoms with Gasteiger partial charge in [0.1, 0.15) is 0 Å². The van der Waals surface area contributed by atoms with Gasteiger partial charge in [-0.05, 0) is 42.8 Å². The number of aryl methyl sites for hydroxylation is 2. The van der Waals surface area contributed by atoms with E-state index < -0.39 is 6.98 Å². The molecule has 6 aromatic carbocycles. The van der Waals surface area contributed by atoms with Crippen LogP contribution in [0.1, 0.15) is 41.6 Å². The van der Waals surface area contributed by atoms with Crippen molar-refractivity contribution in [1.29, 1.82) is 0 Å². The number of hydrogen-bond donors (Lipinski definition) is 0. The van der Waals surface area contributed by atoms with E-state index in [9.17, 15) is 0 Å². The number of para-hydroxylation sites is 4. The van der Waals surface area contributed by atoms with Crippen molar-refractivity contribution < 1.29 is 28.2 Å². The molecule has 1 aliphatic heterocycles. The van der Waals surface area contributed by atoms with E-state index in [2.05, 4.69) is 154 Å². The molecule has 3 aromatic heterocycles. The van der Waals surface area contributed by atoms with Gasteiger partial charge < -0.3 is 4.57 Å². The van der Waals surface area contributed by atoms with Crippen LogP contribution in [0.25, 0.3) is 55.3 Å². The van der Waals surface area contributed by atoms with Gasteiger partial charge in [0.05, 0.1) is 11.0 Å². The zero-order valence-corrected chi connectivity index (χ0v) is 33.8. The van der Waals surface area contributed by atoms with Crippen molar-refractivity contribution in [2.24, 2.45) is 6.98 Å². The quantitative estimate of drug-likeness (QED) is 0.173. The van der Waals surface area contributed by atoms with Crippen LogP contribution in [0.3, 0.4) is 0 Å². The molecule has 0 fully saturated rings. The molecule has 0 saturated heterocycles. The molecule has 7 heteroatoms. The minimum atomic E-state index is -2.35. The summed E-state index contributed by atoms with van der Waals surface area (Å²) in [5.74, 6) is 2.22. The van der Waals surface area contributed by atoms with Crippen LogP contribution in [0.2, 0.25) is 0 Å². The number of anilines is 2. The summed E-state index contributed by atoms with van der Waals surface area (Å²) >= 11 is 2.13. The number of ether oxygens (including phenoxy) is 1. The molecule has 0 saturated carbocycles. The van der Waals surface area contributed by atoms with Gasteiger partial charge in [-0.3, -0.25) is 0 Å². The van der Waals surface area contributed by atoms with E-state index in [1.54, 1.807) is 0 Å². The van der Waals surface area contributed by atoms with Gasteiger partial charge in [-0.15, -0.1) is 0 Å². The minimum absolute atomic E-state index is 0.214. The molecule has 0 N–H and O–H groups in total. The van der Waals surface area contributed by atoms with E-state index in [-0.39, 0.29) is 5.41 Å². The molecule has 0 spiro atoms. The molecule has 4 heterocycles. The summed E-state index contributed by atoms with van der Waals surface area (Å²) in [6.45, 7) is 6.89. The summed E-state index contributed by atoms with van der Waals surface area (Å²) in [5, 5.41) is 2.47. The summed E-state index contributed by atoms with van der Waals surface area (Å²) < 4.78 is 38.3. The first-order chi connectivity index (χ1) is 28.3. The van der Waals surface area contributed by atoms with E-state index in [1.165, 1.54) is 37.5 Å². The molecule has 10 rings (SSSR count). The molecule has 278 valence electrons. The average molecular weight is 914 g/mol. The first-order valence-electron chi connectivity index (χ1n) is 20.3. The van der Waals surface area contributed by atoms with Crippen molar-refractivity contribution in [2.75, 3.05) is 4.90 Å². The number of hydrogen-bond acceptors (Lipinski definition) is 3. The Balaban J connectivity index is 1.10. The molecule has 0 radical (unpaired) electrons. The summed E-state index contributed by atoms with van der Waals surface area (Å²) in [4.78, 5) is 7.16. The van der Waals surface area contributed by atoms with Gasteiger partial charge in [-0.25, -0.2) is 0 Å². The van der Waals surface area contributed by atoms with Gasteiger partial charge in [0, 0.05) is 22.7 Å². The van der Waals surface area contributed by atoms with E-state index in [0.717, 1.165) is 45.1 Å². The molecule has 6 nitrogen and oxygen atoms in total. The Hall–Kier alpha value is -5.97. The number of rotatable bonds is 5. The average Bonchev–Trinajstić information content (AvgIpc) is 3.71. The fourth-order valence-electron chi connectivity index (χ4n) is 8.17. The van der Waals surface area contributed by atoms with Crippen molar-refractivity contribution >= 4 is 44.3 Å². The molecule has 9 aromatic rings. The topological polar surface area (TPSA) is 40.1 Å². The molecule has 0 atom stereocenters. The van der Waals surface area contributed by atoms with Crippen LogP contribution in [-0.4, -0.2) is 18.7 Å². The summed E-state index contributed by atoms with van der Waals surface area (Å²) in [5.41, 5.74) is 12.2. The van der Waals surface area contributed by atoms with Gasteiger partial charge in [-0.2, -0.15) is 0 Å². The Morgan fingerprint density at radius 2 is 1.36 bits per heavy atom. The van der Waals surface area contributed by atoms with Crippen LogP contribution in [0.15, 0.2) is 146 Å². The van der Waals surface area contributed by atoms with Crippen molar-refractivity contribution in [2.45, 2.75) is 39.7 Å². The third-order valence-electron chi connectivity index (χ3n) is 10.9. The zero-order valence-electron chi connectivity index (χ0n) is 34.5. The number of pyridine rings is 1. The molecular weight excluding hydrogens is 870 g/mol. The van der Waals surface area contributed by atoms with Crippen LogP contribution in [-0.2, 0) is 38.3 Å². The Bertz CT molecular complexity index is 3150. The number of imidazole rings is 1. The molecule has 1 aliphatic rings. The fourth-order valence-corrected chi connectivity index (χ4v) is 9.01. The third kappa shape index (κ3) is 5.66. The predicted molar refractivity (Wildman–Crippen MR) is 225 cm³/mol. The second-order valence-corrected chi connectivity index (χ2v) is 16.7. The number of aromatic nitrogens is 4. The Kier molecular flexibility index (Phi) is 7.29. The van der Waals surface area contributed by atoms with Gasteiger partial charge in [-0.1, -0.05) is 36.4 Å². The standard InChI is InChI=1S/C49H41N5O.Pt/c1-32-22-23-50-48(24-32)52-30-33-25-35(54-43-14-8-6-12-40(43)41-13-7-9-15-44(41)54)18-20-39(33)42-21-19-37(29-47(42)52)55-38-27-34(49(2,3)4)26-36(28-38)53-31-51(5)45-16-10-11-17-46(45)53;/h6-29H,30H2,1-5H3;/i5D3;. The van der Waals surface area contributed by atoms with Crippen LogP contribution < -0.4 is 9.64 Å². The van der Waals surface area contributed by atoms with Crippen molar-refractivity contribution in [3.8, 4) is 34.0 Å². The zero-order chi connectivity index (χ0) is 40.8. The number of fused-ring (bicyclic) bond motifs is 7. The van der Waals surface area contributed by atoms with Crippen LogP contribution in [0.4, 0.5) is 11.5 Å². The second-order valence-electron chi connectivity index (χ2n) is 15.6. The van der Waals surface area contributed by atoms with Crippen molar-refractivity contribution in [3.63, 3.8) is 0 Å². The van der Waals surface area contributed by atoms with E-state index in [1.807, 2.05) is 53.2 Å². The van der Waals surface area contributed by atoms with Crippen LogP contribution in [0.5, 0.6) is 11.5 Å². The SMILES string of the molecule is [2H]C([2H])([2H])n1[c](=[Pt])n(-c2cc(Oc3ccc4c(c3)N(c3cc(C)ccn3)Cc3cc(-n5c6ccccc6c6ccccc65)ccc3-4)cc(C(C)(C)C)c2)c2ccccc21. The molecule has 0 unspecified atom stereocenters. The molecular formula is C49H41N5OPt. The molecule has 0 aliphatic carbocycles. The van der Waals surface area contributed by atoms with Crippen LogP contribution >= 0.6 is 0 Å². The normalized spacial score (nSPS) is 13.8. The predicted octanol–water partition coefficient (Wildman–Crippen LogP) is 12.3. The molecule has 0 bridgehead atoms. The van der Waals surface area contributed by atoms with E-state index >= 15 is 0 Å². The summed E-state index contributed by atoms with van der Waals surface area (Å²) in [6.07, 6.45) is 1.87. The number of benzene rings is 6. The van der Waals surface area contributed by atoms with Crippen molar-refractivity contribution in [3.05, 3.63) is 166 Å². The second kappa shape index (κ2) is 13.1. The number of nitrogens with zero attached hydrogens (tertiary/aromatic N) is 5. The van der Waals surface area contributed by atoms with Crippen LogP contribution in [0, 0.1) is 10.7 Å². The summed E-state index contributed by atoms with van der Waals surface area (Å²) in [6, 6.07) is 48.4. The van der Waals surface area contributed by atoms with Gasteiger partial charge >= 0.3 is 226 Å². The maximum absolute atomic E-state index is 8.36. The van der Waals surface area contributed by atoms with E-state index in [0.29, 0.717) is 27.4 Å². The van der Waals surface area contributed by atoms with Crippen molar-refractivity contribution in [1.82, 2.24) is 18.7 Å². The Morgan fingerprint density at radius 1 is 0.661 bits per heavy atom. The Labute approximate surface area is 341 Å². The van der Waals surface area contributed by atoms with E-state index in [4.69, 9.17) is 13.8 Å². The molecule has 0 amide bonds. The maximum atomic E-state index is 8.36. The van der Waals surface area contributed by atoms with Gasteiger partial charge in [0.25, 0.3) is 0 Å². The monoisotopic (exact) mass is 913 g/mol. The van der Waals surface area contributed by atoms with Gasteiger partial charge in [0.2, 0.25) is 0 Å². The van der Waals surface area contributed by atoms with Gasteiger partial charge in [0.15, 0.2) is 0 Å². The first kappa shape index (κ1) is 31.3. The summed E-state index contributed by atoms with van der Waals surface area (Å²) in [7, 11) is 0. The third-order valence-corrected chi connectivity index (χ3v) is 12.0. The Morgan fingerprint density at radius 3 is 2.07 bits per heavy atom.